The molecule has 1 amide bonds. The Kier molecular flexibility index (Phi) is 3.28. The highest BCUT2D eigenvalue weighted by Crippen LogP contribution is 2.18. The summed E-state index contributed by atoms with van der Waals surface area (Å²) in [6.45, 7) is 2.98. The van der Waals surface area contributed by atoms with Gasteiger partial charge in [0.25, 0.3) is 0 Å². The molecule has 1 aliphatic rings. The zero-order chi connectivity index (χ0) is 10.7. The smallest absolute Gasteiger partial charge is 0.331 e. The molecular weight excluding hydrogens is 182 g/mol. The van der Waals surface area contributed by atoms with E-state index in [-0.39, 0.29) is 17.5 Å². The summed E-state index contributed by atoms with van der Waals surface area (Å²) < 4.78 is 0. The van der Waals surface area contributed by atoms with Crippen LogP contribution in [-0.4, -0.2) is 23.0 Å². The number of nitrogens with one attached hydrogen (secondary N) is 1. The van der Waals surface area contributed by atoms with Crippen LogP contribution in [0.25, 0.3) is 0 Å². The van der Waals surface area contributed by atoms with E-state index in [1.807, 2.05) is 0 Å². The normalized spacial score (nSPS) is 18.1. The molecule has 1 rings (SSSR count). The lowest BCUT2D eigenvalue weighted by atomic mass is 9.93. The molecule has 0 atom stereocenters. The van der Waals surface area contributed by atoms with E-state index in [0.29, 0.717) is 5.57 Å². The van der Waals surface area contributed by atoms with Crippen LogP contribution in [0.3, 0.4) is 0 Å². The van der Waals surface area contributed by atoms with Gasteiger partial charge in [0, 0.05) is 17.2 Å². The second kappa shape index (κ2) is 4.26. The largest absolute Gasteiger partial charge is 0.478 e. The van der Waals surface area contributed by atoms with Gasteiger partial charge in [0.15, 0.2) is 0 Å². The second-order valence-corrected chi connectivity index (χ2v) is 3.66. The highest BCUT2D eigenvalue weighted by atomic mass is 16.4. The first kappa shape index (κ1) is 10.8. The lowest BCUT2D eigenvalue weighted by Crippen LogP contribution is -2.40. The zero-order valence-electron chi connectivity index (χ0n) is 8.46. The van der Waals surface area contributed by atoms with Crippen molar-refractivity contribution in [3.8, 4) is 0 Å². The minimum atomic E-state index is -1.04. The van der Waals surface area contributed by atoms with Gasteiger partial charge < -0.3 is 10.4 Å². The summed E-state index contributed by atoms with van der Waals surface area (Å²) in [6, 6.07) is 0.249. The summed E-state index contributed by atoms with van der Waals surface area (Å²) in [5, 5.41) is 11.5. The SMILES string of the molecule is CC(C(=O)O)=C(C)C(=O)NC1CCC1. The first-order chi connectivity index (χ1) is 6.52. The van der Waals surface area contributed by atoms with Crippen LogP contribution >= 0.6 is 0 Å². The van der Waals surface area contributed by atoms with Crippen LogP contribution < -0.4 is 5.32 Å². The Balaban J connectivity index is 2.58. The summed E-state index contributed by atoms with van der Waals surface area (Å²) in [4.78, 5) is 22.0. The molecule has 0 aliphatic heterocycles. The summed E-state index contributed by atoms with van der Waals surface area (Å²) in [6.07, 6.45) is 3.15. The molecule has 0 spiro atoms. The fourth-order valence-electron chi connectivity index (χ4n) is 1.18. The quantitative estimate of drug-likeness (QED) is 0.665. The molecular formula is C10H15NO3. The average Bonchev–Trinajstić information content (AvgIpc) is 2.08. The van der Waals surface area contributed by atoms with Crippen molar-refractivity contribution in [1.29, 1.82) is 0 Å². The molecule has 78 valence electrons. The van der Waals surface area contributed by atoms with Crippen molar-refractivity contribution in [3.05, 3.63) is 11.1 Å². The van der Waals surface area contributed by atoms with E-state index in [0.717, 1.165) is 19.3 Å². The fourth-order valence-corrected chi connectivity index (χ4v) is 1.18. The number of rotatable bonds is 3. The molecule has 1 saturated carbocycles. The molecule has 0 heterocycles. The van der Waals surface area contributed by atoms with Crippen molar-refractivity contribution in [1.82, 2.24) is 5.32 Å². The van der Waals surface area contributed by atoms with E-state index < -0.39 is 5.97 Å². The Morgan fingerprint density at radius 1 is 1.21 bits per heavy atom. The maximum absolute atomic E-state index is 11.5. The van der Waals surface area contributed by atoms with E-state index in [2.05, 4.69) is 5.32 Å². The van der Waals surface area contributed by atoms with Gasteiger partial charge in [-0.05, 0) is 33.1 Å². The van der Waals surface area contributed by atoms with Gasteiger partial charge in [-0.15, -0.1) is 0 Å². The second-order valence-electron chi connectivity index (χ2n) is 3.66. The van der Waals surface area contributed by atoms with E-state index in [9.17, 15) is 9.59 Å². The van der Waals surface area contributed by atoms with Gasteiger partial charge in [0.1, 0.15) is 0 Å². The summed E-state index contributed by atoms with van der Waals surface area (Å²) in [7, 11) is 0. The third-order valence-electron chi connectivity index (χ3n) is 2.66. The van der Waals surface area contributed by atoms with Gasteiger partial charge in [-0.2, -0.15) is 0 Å². The molecule has 1 aliphatic carbocycles. The van der Waals surface area contributed by atoms with E-state index in [1.54, 1.807) is 0 Å². The zero-order valence-corrected chi connectivity index (χ0v) is 8.46. The van der Waals surface area contributed by atoms with Crippen LogP contribution in [-0.2, 0) is 9.59 Å². The lowest BCUT2D eigenvalue weighted by Gasteiger charge is -2.26. The van der Waals surface area contributed by atoms with Gasteiger partial charge in [-0.25, -0.2) is 4.79 Å². The first-order valence-electron chi connectivity index (χ1n) is 4.74. The molecule has 4 nitrogen and oxygen atoms in total. The molecule has 0 saturated heterocycles. The van der Waals surface area contributed by atoms with Crippen LogP contribution in [0.1, 0.15) is 33.1 Å². The van der Waals surface area contributed by atoms with E-state index in [1.165, 1.54) is 13.8 Å². The minimum Gasteiger partial charge on any atom is -0.478 e. The monoisotopic (exact) mass is 197 g/mol. The Hall–Kier alpha value is -1.32. The minimum absolute atomic E-state index is 0.113. The maximum Gasteiger partial charge on any atom is 0.331 e. The van der Waals surface area contributed by atoms with Crippen LogP contribution in [0.15, 0.2) is 11.1 Å². The van der Waals surface area contributed by atoms with Crippen molar-refractivity contribution in [3.63, 3.8) is 0 Å². The predicted molar refractivity (Wildman–Crippen MR) is 51.8 cm³/mol. The molecule has 0 bridgehead atoms. The highest BCUT2D eigenvalue weighted by Gasteiger charge is 2.21. The molecule has 0 unspecified atom stereocenters. The third kappa shape index (κ3) is 2.34. The number of carbonyl (C=O) groups is 2. The van der Waals surface area contributed by atoms with Crippen molar-refractivity contribution < 1.29 is 14.7 Å². The number of carboxylic acid groups (broad SMARTS) is 1. The van der Waals surface area contributed by atoms with Crippen LogP contribution in [0.2, 0.25) is 0 Å². The number of amides is 1. The van der Waals surface area contributed by atoms with Crippen molar-refractivity contribution in [2.75, 3.05) is 0 Å². The summed E-state index contributed by atoms with van der Waals surface area (Å²) >= 11 is 0. The highest BCUT2D eigenvalue weighted by molar-refractivity contribution is 6.01. The molecule has 14 heavy (non-hydrogen) atoms. The van der Waals surface area contributed by atoms with E-state index >= 15 is 0 Å². The number of carboxylic acids is 1. The Morgan fingerprint density at radius 2 is 1.79 bits per heavy atom. The van der Waals surface area contributed by atoms with Crippen molar-refractivity contribution in [2.24, 2.45) is 0 Å². The molecule has 2 N–H and O–H groups in total. The maximum atomic E-state index is 11.5. The van der Waals surface area contributed by atoms with Crippen LogP contribution in [0.4, 0.5) is 0 Å². The Bertz CT molecular complexity index is 290. The topological polar surface area (TPSA) is 66.4 Å². The van der Waals surface area contributed by atoms with Crippen molar-refractivity contribution >= 4 is 11.9 Å². The van der Waals surface area contributed by atoms with Crippen molar-refractivity contribution in [2.45, 2.75) is 39.2 Å². The molecule has 0 radical (unpaired) electrons. The van der Waals surface area contributed by atoms with Gasteiger partial charge in [0.2, 0.25) is 5.91 Å². The summed E-state index contributed by atoms with van der Waals surface area (Å²) in [5.41, 5.74) is 0.409. The van der Waals surface area contributed by atoms with E-state index in [4.69, 9.17) is 5.11 Å². The van der Waals surface area contributed by atoms with Gasteiger partial charge in [0.05, 0.1) is 0 Å². The van der Waals surface area contributed by atoms with Gasteiger partial charge in [-0.3, -0.25) is 4.79 Å². The molecule has 0 aromatic carbocycles. The average molecular weight is 197 g/mol. The molecule has 1 fully saturated rings. The van der Waals surface area contributed by atoms with Gasteiger partial charge in [-0.1, -0.05) is 0 Å². The third-order valence-corrected chi connectivity index (χ3v) is 2.66. The predicted octanol–water partition coefficient (Wildman–Crippen LogP) is 1.08. The van der Waals surface area contributed by atoms with Crippen LogP contribution in [0.5, 0.6) is 0 Å². The molecule has 0 aromatic rings. The standard InChI is InChI=1S/C10H15NO3/c1-6(7(2)10(13)14)9(12)11-8-4-3-5-8/h8H,3-5H2,1-2H3,(H,11,12)(H,13,14). The number of hydrogen-bond donors (Lipinski definition) is 2. The fraction of sp³-hybridized carbons (Fsp3) is 0.600. The number of aliphatic carboxylic acids is 1. The molecule has 4 heteroatoms. The molecule has 0 aromatic heterocycles. The lowest BCUT2D eigenvalue weighted by molar-refractivity contribution is -0.133. The Labute approximate surface area is 83.0 Å². The van der Waals surface area contributed by atoms with Crippen LogP contribution in [0, 0.1) is 0 Å². The first-order valence-corrected chi connectivity index (χ1v) is 4.74. The Morgan fingerprint density at radius 3 is 2.14 bits per heavy atom. The number of hydrogen-bond acceptors (Lipinski definition) is 2. The number of carbonyl (C=O) groups excluding carboxylic acids is 1. The van der Waals surface area contributed by atoms with Gasteiger partial charge >= 0.3 is 5.97 Å². The summed E-state index contributed by atoms with van der Waals surface area (Å²) in [5.74, 6) is -1.29.